The minimum absolute atomic E-state index is 0.289. The van der Waals surface area contributed by atoms with Crippen molar-refractivity contribution in [3.8, 4) is 11.5 Å². The van der Waals surface area contributed by atoms with Crippen molar-refractivity contribution in [2.75, 3.05) is 0 Å². The number of halogens is 1. The molecule has 0 radical (unpaired) electrons. The summed E-state index contributed by atoms with van der Waals surface area (Å²) in [6, 6.07) is 11.1. The van der Waals surface area contributed by atoms with E-state index in [0.29, 0.717) is 16.3 Å². The number of rotatable bonds is 3. The lowest BCUT2D eigenvalue weighted by atomic mass is 10.1. The highest BCUT2D eigenvalue weighted by atomic mass is 35.5. The van der Waals surface area contributed by atoms with Crippen molar-refractivity contribution in [1.29, 1.82) is 0 Å². The molecule has 0 aliphatic carbocycles. The Hall–Kier alpha value is -1.58. The molecule has 2 aromatic carbocycles. The Labute approximate surface area is 123 Å². The third-order valence-corrected chi connectivity index (χ3v) is 3.44. The van der Waals surface area contributed by atoms with Crippen molar-refractivity contribution in [2.45, 2.75) is 13.8 Å². The van der Waals surface area contributed by atoms with Gasteiger partial charge in [0.15, 0.2) is 0 Å². The zero-order valence-electron chi connectivity index (χ0n) is 10.7. The molecule has 2 aromatic rings. The quantitative estimate of drug-likeness (QED) is 0.852. The second-order valence-corrected chi connectivity index (χ2v) is 5.18. The lowest BCUT2D eigenvalue weighted by Crippen LogP contribution is -2.10. The van der Waals surface area contributed by atoms with Crippen LogP contribution in [0, 0.1) is 13.8 Å². The van der Waals surface area contributed by atoms with Crippen LogP contribution in [-0.4, -0.2) is 4.99 Å². The molecule has 0 fully saturated rings. The molecule has 0 aliphatic rings. The zero-order valence-corrected chi connectivity index (χ0v) is 12.3. The van der Waals surface area contributed by atoms with Crippen LogP contribution in [0.3, 0.4) is 0 Å². The maximum absolute atomic E-state index is 5.99. The summed E-state index contributed by atoms with van der Waals surface area (Å²) in [5.41, 5.74) is 8.62. The van der Waals surface area contributed by atoms with Gasteiger partial charge < -0.3 is 10.5 Å². The maximum Gasteiger partial charge on any atom is 0.139 e. The predicted molar refractivity (Wildman–Crippen MR) is 83.3 cm³/mol. The molecule has 19 heavy (non-hydrogen) atoms. The minimum atomic E-state index is 0.289. The highest BCUT2D eigenvalue weighted by Gasteiger charge is 2.10. The van der Waals surface area contributed by atoms with E-state index in [1.54, 1.807) is 18.2 Å². The van der Waals surface area contributed by atoms with Crippen LogP contribution in [-0.2, 0) is 0 Å². The van der Waals surface area contributed by atoms with E-state index < -0.39 is 0 Å². The minimum Gasteiger partial charge on any atom is -0.456 e. The molecule has 2 N–H and O–H groups in total. The predicted octanol–water partition coefficient (Wildman–Crippen LogP) is 4.38. The van der Waals surface area contributed by atoms with E-state index >= 15 is 0 Å². The van der Waals surface area contributed by atoms with Crippen molar-refractivity contribution in [2.24, 2.45) is 5.73 Å². The summed E-state index contributed by atoms with van der Waals surface area (Å²) in [7, 11) is 0. The summed E-state index contributed by atoms with van der Waals surface area (Å²) in [6.45, 7) is 4.05. The van der Waals surface area contributed by atoms with Gasteiger partial charge in [0, 0.05) is 11.1 Å². The number of hydrogen-bond acceptors (Lipinski definition) is 2. The van der Waals surface area contributed by atoms with Gasteiger partial charge in [-0.2, -0.15) is 0 Å². The van der Waals surface area contributed by atoms with Gasteiger partial charge in [0.1, 0.15) is 16.5 Å². The van der Waals surface area contributed by atoms with Crippen LogP contribution in [0.15, 0.2) is 36.4 Å². The fourth-order valence-electron chi connectivity index (χ4n) is 1.74. The van der Waals surface area contributed by atoms with Crippen molar-refractivity contribution < 1.29 is 4.74 Å². The summed E-state index contributed by atoms with van der Waals surface area (Å²) in [6.07, 6.45) is 0. The number of nitrogens with two attached hydrogens (primary N) is 1. The van der Waals surface area contributed by atoms with E-state index in [1.807, 2.05) is 32.0 Å². The molecule has 0 amide bonds. The second kappa shape index (κ2) is 5.59. The van der Waals surface area contributed by atoms with E-state index in [4.69, 9.17) is 34.3 Å². The summed E-state index contributed by atoms with van der Waals surface area (Å²) < 4.78 is 5.91. The van der Waals surface area contributed by atoms with E-state index in [9.17, 15) is 0 Å². The first kappa shape index (κ1) is 13.8. The Morgan fingerprint density at radius 1 is 1.16 bits per heavy atom. The fourth-order valence-corrected chi connectivity index (χ4v) is 2.07. The molecule has 0 saturated heterocycles. The molecule has 0 spiro atoms. The number of aryl methyl sites for hydroxylation is 1. The van der Waals surface area contributed by atoms with Crippen molar-refractivity contribution in [3.05, 3.63) is 58.1 Å². The van der Waals surface area contributed by atoms with Crippen LogP contribution >= 0.6 is 23.8 Å². The van der Waals surface area contributed by atoms with E-state index in [2.05, 4.69) is 0 Å². The van der Waals surface area contributed by atoms with Gasteiger partial charge in [0.2, 0.25) is 0 Å². The first-order chi connectivity index (χ1) is 8.99. The monoisotopic (exact) mass is 291 g/mol. The number of ether oxygens (including phenoxy) is 1. The van der Waals surface area contributed by atoms with Gasteiger partial charge in [-0.15, -0.1) is 0 Å². The molecule has 4 heteroatoms. The molecule has 0 saturated carbocycles. The van der Waals surface area contributed by atoms with Crippen molar-refractivity contribution in [1.82, 2.24) is 0 Å². The summed E-state index contributed by atoms with van der Waals surface area (Å²) in [4.78, 5) is 0.289. The molecule has 2 rings (SSSR count). The Kier molecular flexibility index (Phi) is 4.08. The SMILES string of the molecule is Cc1cccc(Oc2cc(Cl)ccc2C(N)=S)c1C. The largest absolute Gasteiger partial charge is 0.456 e. The Balaban J connectivity index is 2.45. The second-order valence-electron chi connectivity index (χ2n) is 4.30. The van der Waals surface area contributed by atoms with Gasteiger partial charge in [-0.3, -0.25) is 0 Å². The maximum atomic E-state index is 5.99. The van der Waals surface area contributed by atoms with Crippen LogP contribution in [0.4, 0.5) is 0 Å². The van der Waals surface area contributed by atoms with Crippen LogP contribution in [0.1, 0.15) is 16.7 Å². The molecule has 0 aromatic heterocycles. The molecule has 0 unspecified atom stereocenters. The lowest BCUT2D eigenvalue weighted by Gasteiger charge is -2.13. The first-order valence-corrected chi connectivity index (χ1v) is 6.61. The van der Waals surface area contributed by atoms with Gasteiger partial charge in [-0.1, -0.05) is 36.0 Å². The lowest BCUT2D eigenvalue weighted by molar-refractivity contribution is 0.477. The highest BCUT2D eigenvalue weighted by molar-refractivity contribution is 7.80. The van der Waals surface area contributed by atoms with E-state index in [-0.39, 0.29) is 4.99 Å². The Bertz CT molecular complexity index is 640. The topological polar surface area (TPSA) is 35.2 Å². The Morgan fingerprint density at radius 3 is 2.58 bits per heavy atom. The van der Waals surface area contributed by atoms with E-state index in [1.165, 1.54) is 0 Å². The summed E-state index contributed by atoms with van der Waals surface area (Å²) in [5, 5.41) is 0.584. The van der Waals surface area contributed by atoms with Crippen LogP contribution in [0.25, 0.3) is 0 Å². The van der Waals surface area contributed by atoms with Gasteiger partial charge >= 0.3 is 0 Å². The fraction of sp³-hybridized carbons (Fsp3) is 0.133. The average Bonchev–Trinajstić information content (AvgIpc) is 2.35. The number of benzene rings is 2. The van der Waals surface area contributed by atoms with Crippen LogP contribution in [0.2, 0.25) is 5.02 Å². The highest BCUT2D eigenvalue weighted by Crippen LogP contribution is 2.31. The van der Waals surface area contributed by atoms with E-state index in [0.717, 1.165) is 16.9 Å². The van der Waals surface area contributed by atoms with Gasteiger partial charge in [-0.05, 0) is 43.2 Å². The van der Waals surface area contributed by atoms with Crippen molar-refractivity contribution in [3.63, 3.8) is 0 Å². The van der Waals surface area contributed by atoms with Gasteiger partial charge in [-0.25, -0.2) is 0 Å². The first-order valence-electron chi connectivity index (χ1n) is 5.82. The van der Waals surface area contributed by atoms with Gasteiger partial charge in [0.25, 0.3) is 0 Å². The standard InChI is InChI=1S/C15H14ClNOS/c1-9-4-3-5-13(10(9)2)18-14-8-11(16)6-7-12(14)15(17)19/h3-8H,1-2H3,(H2,17,19). The zero-order chi connectivity index (χ0) is 14.0. The molecule has 0 aliphatic heterocycles. The molecular weight excluding hydrogens is 278 g/mol. The average molecular weight is 292 g/mol. The molecule has 0 heterocycles. The molecule has 0 atom stereocenters. The van der Waals surface area contributed by atoms with Gasteiger partial charge in [0.05, 0.1) is 5.56 Å². The summed E-state index contributed by atoms with van der Waals surface area (Å²) >= 11 is 11.0. The molecule has 0 bridgehead atoms. The third kappa shape index (κ3) is 3.06. The molecule has 98 valence electrons. The smallest absolute Gasteiger partial charge is 0.139 e. The van der Waals surface area contributed by atoms with Crippen LogP contribution < -0.4 is 10.5 Å². The number of hydrogen-bond donors (Lipinski definition) is 1. The van der Waals surface area contributed by atoms with Crippen LogP contribution in [0.5, 0.6) is 11.5 Å². The normalized spacial score (nSPS) is 10.3. The molecule has 2 nitrogen and oxygen atoms in total. The molecular formula is C15H14ClNOS. The Morgan fingerprint density at radius 2 is 1.89 bits per heavy atom. The third-order valence-electron chi connectivity index (χ3n) is 2.98. The number of thiocarbonyl (C=S) groups is 1. The summed E-state index contributed by atoms with van der Waals surface area (Å²) in [5.74, 6) is 1.36. The van der Waals surface area contributed by atoms with Crippen molar-refractivity contribution >= 4 is 28.8 Å².